The number of anilines is 1. The predicted octanol–water partition coefficient (Wildman–Crippen LogP) is 2.18. The van der Waals surface area contributed by atoms with Crippen LogP contribution in [0, 0.1) is 12.3 Å². The second-order valence-electron chi connectivity index (χ2n) is 4.78. The summed E-state index contributed by atoms with van der Waals surface area (Å²) < 4.78 is 0. The van der Waals surface area contributed by atoms with Gasteiger partial charge in [-0.3, -0.25) is 4.79 Å². The Labute approximate surface area is 112 Å². The molecule has 0 aromatic carbocycles. The molecular weight excluding hydrogens is 246 g/mol. The Hall–Kier alpha value is -1.49. The van der Waals surface area contributed by atoms with Gasteiger partial charge in [-0.25, -0.2) is 4.98 Å². The highest BCUT2D eigenvalue weighted by atomic mass is 32.1. The van der Waals surface area contributed by atoms with E-state index in [1.165, 1.54) is 0 Å². The molecule has 1 amide bonds. The third-order valence-electron chi connectivity index (χ3n) is 3.60. The molecule has 1 heterocycles. The normalized spacial score (nSPS) is 17.4. The first kappa shape index (κ1) is 13.0. The maximum absolute atomic E-state index is 12.4. The molecule has 96 valence electrons. The van der Waals surface area contributed by atoms with Gasteiger partial charge in [0.05, 0.1) is 10.4 Å². The summed E-state index contributed by atoms with van der Waals surface area (Å²) in [5.41, 5.74) is 6.03. The summed E-state index contributed by atoms with van der Waals surface area (Å²) in [6.45, 7) is 1.91. The van der Waals surface area contributed by atoms with E-state index in [0.717, 1.165) is 31.2 Å². The zero-order chi connectivity index (χ0) is 13.2. The Bertz CT molecular complexity index is 481. The van der Waals surface area contributed by atoms with E-state index in [9.17, 15) is 4.79 Å². The lowest BCUT2D eigenvalue weighted by Gasteiger charge is -2.26. The maximum Gasteiger partial charge on any atom is 0.238 e. The van der Waals surface area contributed by atoms with Crippen molar-refractivity contribution in [1.82, 2.24) is 4.98 Å². The molecule has 0 saturated heterocycles. The molecule has 0 unspecified atom stereocenters. The fourth-order valence-corrected chi connectivity index (χ4v) is 2.70. The minimum atomic E-state index is -0.681. The number of nitrogens with zero attached hydrogens (tertiary/aromatic N) is 1. The van der Waals surface area contributed by atoms with Gasteiger partial charge in [-0.15, -0.1) is 0 Å². The third-order valence-corrected chi connectivity index (χ3v) is 4.00. The van der Waals surface area contributed by atoms with Crippen LogP contribution in [-0.4, -0.2) is 15.9 Å². The number of nitrogens with one attached hydrogen (secondary N) is 1. The van der Waals surface area contributed by atoms with E-state index in [1.54, 1.807) is 6.20 Å². The molecule has 0 bridgehead atoms. The van der Waals surface area contributed by atoms with Crippen LogP contribution >= 0.6 is 12.2 Å². The number of carbonyl (C=O) groups is 1. The van der Waals surface area contributed by atoms with Gasteiger partial charge in [-0.05, 0) is 31.4 Å². The van der Waals surface area contributed by atoms with Crippen LogP contribution in [0.5, 0.6) is 0 Å². The highest BCUT2D eigenvalue weighted by Crippen LogP contribution is 2.39. The lowest BCUT2D eigenvalue weighted by molar-refractivity contribution is -0.122. The Morgan fingerprint density at radius 3 is 2.72 bits per heavy atom. The van der Waals surface area contributed by atoms with E-state index in [2.05, 4.69) is 10.3 Å². The summed E-state index contributed by atoms with van der Waals surface area (Å²) in [6, 6.07) is 3.74. The Morgan fingerprint density at radius 1 is 1.50 bits per heavy atom. The smallest absolute Gasteiger partial charge is 0.238 e. The SMILES string of the molecule is Cc1cccnc1NC(=O)C1(C(N)=S)CCCC1. The second kappa shape index (κ2) is 5.02. The van der Waals surface area contributed by atoms with E-state index in [-0.39, 0.29) is 5.91 Å². The molecule has 1 aromatic rings. The van der Waals surface area contributed by atoms with Gasteiger partial charge in [0.15, 0.2) is 0 Å². The van der Waals surface area contributed by atoms with Gasteiger partial charge in [-0.1, -0.05) is 31.1 Å². The first-order valence-electron chi connectivity index (χ1n) is 6.09. The van der Waals surface area contributed by atoms with Crippen LogP contribution in [-0.2, 0) is 4.79 Å². The van der Waals surface area contributed by atoms with E-state index < -0.39 is 5.41 Å². The fraction of sp³-hybridized carbons (Fsp3) is 0.462. The summed E-state index contributed by atoms with van der Waals surface area (Å²) >= 11 is 5.09. The molecule has 0 atom stereocenters. The number of hydrogen-bond donors (Lipinski definition) is 2. The van der Waals surface area contributed by atoms with Gasteiger partial charge in [0, 0.05) is 6.20 Å². The molecule has 4 nitrogen and oxygen atoms in total. The number of nitrogens with two attached hydrogens (primary N) is 1. The number of pyridine rings is 1. The average Bonchev–Trinajstić information content (AvgIpc) is 2.82. The Balaban J connectivity index is 2.21. The van der Waals surface area contributed by atoms with Crippen molar-refractivity contribution in [3.8, 4) is 0 Å². The zero-order valence-corrected chi connectivity index (χ0v) is 11.2. The lowest BCUT2D eigenvalue weighted by Crippen LogP contribution is -2.44. The van der Waals surface area contributed by atoms with Crippen molar-refractivity contribution in [2.24, 2.45) is 11.1 Å². The summed E-state index contributed by atoms with van der Waals surface area (Å²) in [5, 5.41) is 2.86. The number of hydrogen-bond acceptors (Lipinski definition) is 3. The molecule has 1 aliphatic rings. The van der Waals surface area contributed by atoms with Crippen LogP contribution in [0.15, 0.2) is 18.3 Å². The molecule has 1 aliphatic carbocycles. The topological polar surface area (TPSA) is 68.0 Å². The molecule has 0 spiro atoms. The van der Waals surface area contributed by atoms with Gasteiger partial charge in [0.25, 0.3) is 0 Å². The van der Waals surface area contributed by atoms with Crippen LogP contribution in [0.25, 0.3) is 0 Å². The first-order chi connectivity index (χ1) is 8.56. The number of aryl methyl sites for hydroxylation is 1. The Morgan fingerprint density at radius 2 is 2.17 bits per heavy atom. The van der Waals surface area contributed by atoms with E-state index in [1.807, 2.05) is 19.1 Å². The van der Waals surface area contributed by atoms with E-state index in [4.69, 9.17) is 18.0 Å². The quantitative estimate of drug-likeness (QED) is 0.820. The molecule has 0 aliphatic heterocycles. The third kappa shape index (κ3) is 2.22. The molecule has 1 fully saturated rings. The Kier molecular flexibility index (Phi) is 3.61. The molecule has 2 rings (SSSR count). The van der Waals surface area contributed by atoms with Crippen LogP contribution in [0.4, 0.5) is 5.82 Å². The summed E-state index contributed by atoms with van der Waals surface area (Å²) in [4.78, 5) is 16.9. The maximum atomic E-state index is 12.4. The lowest BCUT2D eigenvalue weighted by atomic mass is 9.85. The number of carbonyl (C=O) groups excluding carboxylic acids is 1. The number of rotatable bonds is 3. The first-order valence-corrected chi connectivity index (χ1v) is 6.50. The zero-order valence-electron chi connectivity index (χ0n) is 10.4. The van der Waals surface area contributed by atoms with Crippen molar-refractivity contribution in [3.63, 3.8) is 0 Å². The summed E-state index contributed by atoms with van der Waals surface area (Å²) in [6.07, 6.45) is 5.11. The molecule has 5 heteroatoms. The standard InChI is InChI=1S/C13H17N3OS/c1-9-5-4-8-15-10(9)16-12(17)13(11(14)18)6-2-3-7-13/h4-5,8H,2-3,6-7H2,1H3,(H2,14,18)(H,15,16,17). The second-order valence-corrected chi connectivity index (χ2v) is 5.22. The van der Waals surface area contributed by atoms with Crippen molar-refractivity contribution < 1.29 is 4.79 Å². The molecule has 0 radical (unpaired) electrons. The minimum Gasteiger partial charge on any atom is -0.392 e. The number of amides is 1. The number of aromatic nitrogens is 1. The molecule has 1 aromatic heterocycles. The van der Waals surface area contributed by atoms with Gasteiger partial charge < -0.3 is 11.1 Å². The average molecular weight is 263 g/mol. The minimum absolute atomic E-state index is 0.116. The predicted molar refractivity (Wildman–Crippen MR) is 75.3 cm³/mol. The van der Waals surface area contributed by atoms with Gasteiger partial charge in [0.1, 0.15) is 5.82 Å². The van der Waals surface area contributed by atoms with Crippen molar-refractivity contribution in [3.05, 3.63) is 23.9 Å². The monoisotopic (exact) mass is 263 g/mol. The van der Waals surface area contributed by atoms with Gasteiger partial charge in [0.2, 0.25) is 5.91 Å². The largest absolute Gasteiger partial charge is 0.392 e. The van der Waals surface area contributed by atoms with Crippen LogP contribution < -0.4 is 11.1 Å². The molecular formula is C13H17N3OS. The van der Waals surface area contributed by atoms with Crippen molar-refractivity contribution in [1.29, 1.82) is 0 Å². The van der Waals surface area contributed by atoms with Crippen molar-refractivity contribution >= 4 is 28.9 Å². The van der Waals surface area contributed by atoms with Crippen molar-refractivity contribution in [2.45, 2.75) is 32.6 Å². The van der Waals surface area contributed by atoms with Crippen LogP contribution in [0.2, 0.25) is 0 Å². The summed E-state index contributed by atoms with van der Waals surface area (Å²) in [5.74, 6) is 0.472. The van der Waals surface area contributed by atoms with E-state index >= 15 is 0 Å². The van der Waals surface area contributed by atoms with Gasteiger partial charge >= 0.3 is 0 Å². The summed E-state index contributed by atoms with van der Waals surface area (Å²) in [7, 11) is 0. The molecule has 18 heavy (non-hydrogen) atoms. The van der Waals surface area contributed by atoms with Crippen LogP contribution in [0.1, 0.15) is 31.2 Å². The highest BCUT2D eigenvalue weighted by Gasteiger charge is 2.44. The number of thiocarbonyl (C=S) groups is 1. The van der Waals surface area contributed by atoms with Gasteiger partial charge in [-0.2, -0.15) is 0 Å². The van der Waals surface area contributed by atoms with Crippen molar-refractivity contribution in [2.75, 3.05) is 5.32 Å². The molecule has 1 saturated carbocycles. The highest BCUT2D eigenvalue weighted by molar-refractivity contribution is 7.80. The van der Waals surface area contributed by atoms with Crippen LogP contribution in [0.3, 0.4) is 0 Å². The van der Waals surface area contributed by atoms with E-state index in [0.29, 0.717) is 10.8 Å². The molecule has 3 N–H and O–H groups in total. The fourth-order valence-electron chi connectivity index (χ4n) is 2.41.